The van der Waals surface area contributed by atoms with Crippen LogP contribution in [0.1, 0.15) is 96.9 Å². The first-order valence-corrected chi connectivity index (χ1v) is 13.7. The van der Waals surface area contributed by atoms with Gasteiger partial charge in [0.15, 0.2) is 5.78 Å². The maximum absolute atomic E-state index is 13.7. The summed E-state index contributed by atoms with van der Waals surface area (Å²) in [7, 11) is 1.35. The average Bonchev–Trinajstić information content (AvgIpc) is 3.29. The summed E-state index contributed by atoms with van der Waals surface area (Å²) in [6.45, 7) is 9.77. The van der Waals surface area contributed by atoms with Crippen molar-refractivity contribution < 1.29 is 18.7 Å². The van der Waals surface area contributed by atoms with E-state index in [4.69, 9.17) is 9.15 Å². The van der Waals surface area contributed by atoms with Crippen molar-refractivity contribution in [1.82, 2.24) is 4.90 Å². The molecule has 0 bridgehead atoms. The second-order valence-electron chi connectivity index (χ2n) is 9.57. The fraction of sp³-hybridized carbons (Fsp3) is 0.438. The van der Waals surface area contributed by atoms with Gasteiger partial charge in [0.2, 0.25) is 0 Å². The van der Waals surface area contributed by atoms with Crippen LogP contribution in [0.15, 0.2) is 53.0 Å². The Bertz CT molecular complexity index is 1180. The van der Waals surface area contributed by atoms with Gasteiger partial charge in [0.05, 0.1) is 18.2 Å². The lowest BCUT2D eigenvalue weighted by Crippen LogP contribution is -2.26. The van der Waals surface area contributed by atoms with Crippen LogP contribution in [0.4, 0.5) is 0 Å². The standard InChI is InChI=1S/C32H41NO4/c1-5-8-13-29-30(27-23-26(32(35)36-4)18-19-28(27)37-29)31(34)25-16-14-24(15-17-25)12-11-22-33(20-9-6-2)21-10-7-3/h11-12,14-19,23H,5-10,13,20-22H2,1-4H3/b12-11-. The topological polar surface area (TPSA) is 59.8 Å². The lowest BCUT2D eigenvalue weighted by atomic mass is 9.97. The van der Waals surface area contributed by atoms with Crippen molar-refractivity contribution >= 4 is 28.8 Å². The fourth-order valence-corrected chi connectivity index (χ4v) is 4.44. The number of aryl methyl sites for hydroxylation is 1. The summed E-state index contributed by atoms with van der Waals surface area (Å²) in [5.41, 5.74) is 3.23. The molecule has 0 fully saturated rings. The Morgan fingerprint density at radius 3 is 2.16 bits per heavy atom. The summed E-state index contributed by atoms with van der Waals surface area (Å²) in [5.74, 6) is 0.149. The number of hydrogen-bond acceptors (Lipinski definition) is 5. The molecule has 5 nitrogen and oxygen atoms in total. The van der Waals surface area contributed by atoms with Crippen molar-refractivity contribution in [3.05, 3.63) is 76.6 Å². The Kier molecular flexibility index (Phi) is 11.2. The van der Waals surface area contributed by atoms with Crippen molar-refractivity contribution in [1.29, 1.82) is 0 Å². The van der Waals surface area contributed by atoms with E-state index < -0.39 is 5.97 Å². The minimum Gasteiger partial charge on any atom is -0.465 e. The molecule has 1 heterocycles. The van der Waals surface area contributed by atoms with Crippen LogP contribution in [0.5, 0.6) is 0 Å². The van der Waals surface area contributed by atoms with Gasteiger partial charge in [-0.05, 0) is 56.1 Å². The predicted octanol–water partition coefficient (Wildman–Crippen LogP) is 7.71. The fourth-order valence-electron chi connectivity index (χ4n) is 4.44. The number of methoxy groups -OCH3 is 1. The highest BCUT2D eigenvalue weighted by Gasteiger charge is 2.23. The van der Waals surface area contributed by atoms with Gasteiger partial charge >= 0.3 is 5.97 Å². The van der Waals surface area contributed by atoms with E-state index in [0.29, 0.717) is 39.8 Å². The van der Waals surface area contributed by atoms with Crippen LogP contribution in [-0.2, 0) is 11.2 Å². The van der Waals surface area contributed by atoms with E-state index in [2.05, 4.69) is 37.8 Å². The zero-order valence-corrected chi connectivity index (χ0v) is 22.8. The zero-order chi connectivity index (χ0) is 26.6. The summed E-state index contributed by atoms with van der Waals surface area (Å²) in [6.07, 6.45) is 11.8. The van der Waals surface area contributed by atoms with Crippen molar-refractivity contribution in [3.63, 3.8) is 0 Å². The second kappa shape index (κ2) is 14.5. The molecule has 3 rings (SSSR count). The largest absolute Gasteiger partial charge is 0.465 e. The molecule has 2 aromatic carbocycles. The number of ketones is 1. The van der Waals surface area contributed by atoms with Gasteiger partial charge in [-0.15, -0.1) is 0 Å². The van der Waals surface area contributed by atoms with E-state index in [1.165, 1.54) is 32.8 Å². The van der Waals surface area contributed by atoms with Crippen molar-refractivity contribution in [2.24, 2.45) is 0 Å². The maximum atomic E-state index is 13.7. The molecule has 0 saturated carbocycles. The summed E-state index contributed by atoms with van der Waals surface area (Å²) in [4.78, 5) is 28.3. The molecule has 0 radical (unpaired) electrons. The molecule has 0 saturated heterocycles. The van der Waals surface area contributed by atoms with Crippen molar-refractivity contribution in [3.8, 4) is 0 Å². The summed E-state index contributed by atoms with van der Waals surface area (Å²) < 4.78 is 11.0. The van der Waals surface area contributed by atoms with E-state index in [0.717, 1.165) is 38.0 Å². The van der Waals surface area contributed by atoms with Gasteiger partial charge in [0.1, 0.15) is 11.3 Å². The number of esters is 1. The maximum Gasteiger partial charge on any atom is 0.337 e. The molecule has 0 amide bonds. The van der Waals surface area contributed by atoms with Crippen LogP contribution in [-0.4, -0.2) is 43.4 Å². The number of nitrogens with zero attached hydrogens (tertiary/aromatic N) is 1. The molecule has 37 heavy (non-hydrogen) atoms. The van der Waals surface area contributed by atoms with Gasteiger partial charge in [-0.1, -0.05) is 76.5 Å². The quantitative estimate of drug-likeness (QED) is 0.157. The molecule has 3 aromatic rings. The molecule has 0 spiro atoms. The second-order valence-corrected chi connectivity index (χ2v) is 9.57. The van der Waals surface area contributed by atoms with Gasteiger partial charge in [-0.3, -0.25) is 9.69 Å². The minimum atomic E-state index is -0.435. The Morgan fingerprint density at radius 1 is 0.892 bits per heavy atom. The van der Waals surface area contributed by atoms with Crippen LogP contribution < -0.4 is 0 Å². The average molecular weight is 504 g/mol. The van der Waals surface area contributed by atoms with E-state index in [1.54, 1.807) is 18.2 Å². The number of rotatable bonds is 15. The number of furan rings is 1. The smallest absolute Gasteiger partial charge is 0.337 e. The van der Waals surface area contributed by atoms with E-state index in [1.807, 2.05) is 24.3 Å². The number of fused-ring (bicyclic) bond motifs is 1. The first kappa shape index (κ1) is 28.4. The number of unbranched alkanes of at least 4 members (excludes halogenated alkanes) is 3. The van der Waals surface area contributed by atoms with Crippen LogP contribution in [0.25, 0.3) is 17.0 Å². The molecule has 0 aliphatic heterocycles. The van der Waals surface area contributed by atoms with Crippen LogP contribution in [0.2, 0.25) is 0 Å². The van der Waals surface area contributed by atoms with Gasteiger partial charge < -0.3 is 9.15 Å². The number of carbonyl (C=O) groups excluding carboxylic acids is 2. The third kappa shape index (κ3) is 7.65. The molecule has 1 aromatic heterocycles. The van der Waals surface area contributed by atoms with Gasteiger partial charge in [0.25, 0.3) is 0 Å². The lowest BCUT2D eigenvalue weighted by molar-refractivity contribution is 0.0600. The third-order valence-electron chi connectivity index (χ3n) is 6.67. The van der Waals surface area contributed by atoms with Crippen molar-refractivity contribution in [2.45, 2.75) is 65.7 Å². The van der Waals surface area contributed by atoms with Gasteiger partial charge in [0, 0.05) is 23.9 Å². The van der Waals surface area contributed by atoms with Crippen LogP contribution >= 0.6 is 0 Å². The van der Waals surface area contributed by atoms with Crippen LogP contribution in [0.3, 0.4) is 0 Å². The number of benzene rings is 2. The van der Waals surface area contributed by atoms with E-state index in [9.17, 15) is 9.59 Å². The summed E-state index contributed by atoms with van der Waals surface area (Å²) >= 11 is 0. The van der Waals surface area contributed by atoms with E-state index >= 15 is 0 Å². The molecule has 0 aliphatic rings. The highest BCUT2D eigenvalue weighted by atomic mass is 16.5. The molecule has 0 atom stereocenters. The zero-order valence-electron chi connectivity index (χ0n) is 22.8. The Labute approximate surface area is 221 Å². The molecule has 0 N–H and O–H groups in total. The van der Waals surface area contributed by atoms with Gasteiger partial charge in [-0.25, -0.2) is 4.79 Å². The number of hydrogen-bond donors (Lipinski definition) is 0. The highest BCUT2D eigenvalue weighted by molar-refractivity contribution is 6.17. The van der Waals surface area contributed by atoms with Gasteiger partial charge in [-0.2, -0.15) is 0 Å². The molecule has 0 aliphatic carbocycles. The SMILES string of the molecule is CCCCc1oc2ccc(C(=O)OC)cc2c1C(=O)c1ccc(/C=C\CN(CCCC)CCCC)cc1. The first-order valence-electron chi connectivity index (χ1n) is 13.7. The molecule has 5 heteroatoms. The lowest BCUT2D eigenvalue weighted by Gasteiger charge is -2.19. The third-order valence-corrected chi connectivity index (χ3v) is 6.67. The highest BCUT2D eigenvalue weighted by Crippen LogP contribution is 2.31. The monoisotopic (exact) mass is 503 g/mol. The molecule has 198 valence electrons. The Morgan fingerprint density at radius 2 is 1.54 bits per heavy atom. The van der Waals surface area contributed by atoms with Crippen molar-refractivity contribution in [2.75, 3.05) is 26.7 Å². The Balaban J connectivity index is 1.82. The molecule has 0 unspecified atom stereocenters. The summed E-state index contributed by atoms with van der Waals surface area (Å²) in [5, 5.41) is 0.655. The number of carbonyl (C=O) groups is 2. The molecular formula is C32H41NO4. The van der Waals surface area contributed by atoms with E-state index in [-0.39, 0.29) is 5.78 Å². The van der Waals surface area contributed by atoms with Crippen LogP contribution in [0, 0.1) is 0 Å². The Hall–Kier alpha value is -3.18. The minimum absolute atomic E-state index is 0.0901. The number of ether oxygens (including phenoxy) is 1. The summed E-state index contributed by atoms with van der Waals surface area (Å²) in [6, 6.07) is 12.8. The normalized spacial score (nSPS) is 11.6. The first-order chi connectivity index (χ1) is 18.0. The predicted molar refractivity (Wildman–Crippen MR) is 151 cm³/mol. The molecular weight excluding hydrogens is 462 g/mol.